The highest BCUT2D eigenvalue weighted by Gasteiger charge is 2.30. The Hall–Kier alpha value is -3.48. The zero-order chi connectivity index (χ0) is 28.3. The lowest BCUT2D eigenvalue weighted by Gasteiger charge is -2.36. The number of nitrogens with one attached hydrogen (secondary N) is 2. The first-order valence-corrected chi connectivity index (χ1v) is 15.2. The minimum Gasteiger partial charge on any atom is -0.494 e. The van der Waals surface area contributed by atoms with E-state index in [9.17, 15) is 8.42 Å². The second-order valence-corrected chi connectivity index (χ2v) is 13.1. The molecule has 2 aliphatic heterocycles. The minimum atomic E-state index is -3.49. The second kappa shape index (κ2) is 11.9. The quantitative estimate of drug-likeness (QED) is 0.397. The largest absolute Gasteiger partial charge is 0.494 e. The molecule has 2 saturated heterocycles. The van der Waals surface area contributed by atoms with Crippen LogP contribution in [0.1, 0.15) is 20.3 Å². The number of methoxy groups -OCH3 is 1. The molecule has 2 aromatic carbocycles. The molecule has 0 radical (unpaired) electrons. The van der Waals surface area contributed by atoms with Crippen LogP contribution in [-0.2, 0) is 9.84 Å². The molecule has 0 aliphatic carbocycles. The predicted molar refractivity (Wildman–Crippen MR) is 158 cm³/mol. The molecule has 2 fully saturated rings. The van der Waals surface area contributed by atoms with E-state index < -0.39 is 15.1 Å². The molecule has 2 N–H and O–H groups in total. The van der Waals surface area contributed by atoms with Crippen LogP contribution < -0.4 is 20.3 Å². The summed E-state index contributed by atoms with van der Waals surface area (Å²) in [5.74, 6) is 1.22. The van der Waals surface area contributed by atoms with Crippen molar-refractivity contribution in [2.24, 2.45) is 0 Å². The Morgan fingerprint density at radius 3 is 2.35 bits per heavy atom. The minimum absolute atomic E-state index is 0.203. The fourth-order valence-electron chi connectivity index (χ4n) is 5.17. The van der Waals surface area contributed by atoms with Gasteiger partial charge in [-0.05, 0) is 51.6 Å². The van der Waals surface area contributed by atoms with Crippen molar-refractivity contribution in [3.8, 4) is 5.75 Å². The van der Waals surface area contributed by atoms with Crippen molar-refractivity contribution in [3.63, 3.8) is 0 Å². The molecule has 0 spiro atoms. The van der Waals surface area contributed by atoms with E-state index in [-0.39, 0.29) is 10.8 Å². The van der Waals surface area contributed by atoms with Crippen LogP contribution in [0.3, 0.4) is 0 Å². The number of ether oxygens (including phenoxy) is 1. The number of sulfone groups is 1. The molecule has 0 saturated carbocycles. The third-order valence-corrected chi connectivity index (χ3v) is 9.86. The molecule has 1 atom stereocenters. The number of aromatic nitrogens is 3. The molecule has 0 amide bonds. The van der Waals surface area contributed by atoms with E-state index in [1.165, 1.54) is 6.33 Å². The summed E-state index contributed by atoms with van der Waals surface area (Å²) in [7, 11) is 0.342. The number of hydrogen-bond acceptors (Lipinski definition) is 11. The van der Waals surface area contributed by atoms with Crippen LogP contribution >= 0.6 is 0 Å². The third kappa shape index (κ3) is 6.13. The van der Waals surface area contributed by atoms with Crippen LogP contribution in [0.5, 0.6) is 5.75 Å². The van der Waals surface area contributed by atoms with Crippen molar-refractivity contribution >= 4 is 38.8 Å². The lowest BCUT2D eigenvalue weighted by molar-refractivity contribution is 0.120. The summed E-state index contributed by atoms with van der Waals surface area (Å²) in [4.78, 5) is 20.5. The maximum absolute atomic E-state index is 12.8. The molecule has 3 aromatic rings. The zero-order valence-electron chi connectivity index (χ0n) is 23.5. The number of rotatable bonds is 9. The maximum atomic E-state index is 12.8. The first-order chi connectivity index (χ1) is 19.2. The van der Waals surface area contributed by atoms with Gasteiger partial charge in [0.1, 0.15) is 12.1 Å². The highest BCUT2D eigenvalue weighted by molar-refractivity contribution is 7.92. The Morgan fingerprint density at radius 1 is 0.950 bits per heavy atom. The summed E-state index contributed by atoms with van der Waals surface area (Å²) in [6.07, 6.45) is 2.54. The highest BCUT2D eigenvalue weighted by Crippen LogP contribution is 2.34. The monoisotopic (exact) mass is 566 g/mol. The molecule has 1 unspecified atom stereocenters. The summed E-state index contributed by atoms with van der Waals surface area (Å²) < 4.78 is 31.4. The van der Waals surface area contributed by atoms with Crippen molar-refractivity contribution in [2.45, 2.75) is 36.5 Å². The Morgan fingerprint density at radius 2 is 1.65 bits per heavy atom. The van der Waals surface area contributed by atoms with Gasteiger partial charge in [-0.3, -0.25) is 4.90 Å². The Bertz CT molecular complexity index is 1430. The molecule has 12 heteroatoms. The van der Waals surface area contributed by atoms with E-state index >= 15 is 0 Å². The molecular formula is C28H38N8O3S. The Kier molecular flexibility index (Phi) is 8.38. The second-order valence-electron chi connectivity index (χ2n) is 10.6. The highest BCUT2D eigenvalue weighted by atomic mass is 32.2. The van der Waals surface area contributed by atoms with Gasteiger partial charge in [-0.1, -0.05) is 12.1 Å². The first kappa shape index (κ1) is 28.1. The molecule has 2 aliphatic rings. The number of anilines is 5. The number of nitrogens with zero attached hydrogens (tertiary/aromatic N) is 6. The average molecular weight is 567 g/mol. The lowest BCUT2D eigenvalue weighted by Crippen LogP contribution is -2.49. The first-order valence-electron chi connectivity index (χ1n) is 13.7. The van der Waals surface area contributed by atoms with Gasteiger partial charge in [0, 0.05) is 57.1 Å². The molecule has 214 valence electrons. The summed E-state index contributed by atoms with van der Waals surface area (Å²) >= 11 is 0. The van der Waals surface area contributed by atoms with E-state index in [1.54, 1.807) is 45.2 Å². The topological polar surface area (TPSA) is 116 Å². The number of benzene rings is 2. The van der Waals surface area contributed by atoms with Gasteiger partial charge in [0.25, 0.3) is 0 Å². The lowest BCUT2D eigenvalue weighted by atomic mass is 10.2. The van der Waals surface area contributed by atoms with E-state index in [0.29, 0.717) is 23.4 Å². The predicted octanol–water partition coefficient (Wildman–Crippen LogP) is 3.38. The number of para-hydroxylation sites is 1. The van der Waals surface area contributed by atoms with E-state index in [0.717, 1.165) is 57.1 Å². The Labute approximate surface area is 236 Å². The summed E-state index contributed by atoms with van der Waals surface area (Å²) in [5.41, 5.74) is 2.26. The van der Waals surface area contributed by atoms with Gasteiger partial charge in [0.05, 0.1) is 28.6 Å². The molecule has 1 aromatic heterocycles. The van der Waals surface area contributed by atoms with Crippen LogP contribution in [0.4, 0.5) is 29.0 Å². The average Bonchev–Trinajstić information content (AvgIpc) is 3.44. The number of hydrogen-bond donors (Lipinski definition) is 2. The van der Waals surface area contributed by atoms with Gasteiger partial charge >= 0.3 is 0 Å². The van der Waals surface area contributed by atoms with Crippen molar-refractivity contribution in [3.05, 3.63) is 48.8 Å². The molecule has 11 nitrogen and oxygen atoms in total. The normalized spacial score (nSPS) is 18.7. The van der Waals surface area contributed by atoms with E-state index in [2.05, 4.69) is 53.4 Å². The zero-order valence-corrected chi connectivity index (χ0v) is 24.4. The van der Waals surface area contributed by atoms with Crippen LogP contribution in [0, 0.1) is 0 Å². The number of piperazine rings is 1. The van der Waals surface area contributed by atoms with Gasteiger partial charge in [-0.25, -0.2) is 18.4 Å². The molecule has 0 bridgehead atoms. The van der Waals surface area contributed by atoms with E-state index in [4.69, 9.17) is 4.74 Å². The van der Waals surface area contributed by atoms with Gasteiger partial charge in [0.15, 0.2) is 9.84 Å². The van der Waals surface area contributed by atoms with Crippen LogP contribution in [0.25, 0.3) is 0 Å². The van der Waals surface area contributed by atoms with Gasteiger partial charge < -0.3 is 25.2 Å². The van der Waals surface area contributed by atoms with Crippen molar-refractivity contribution in [2.75, 3.05) is 69.0 Å². The van der Waals surface area contributed by atoms with Crippen molar-refractivity contribution in [1.29, 1.82) is 0 Å². The standard InChI is InChI=1S/C28H38N8O3S/c1-20(2)40(37,38)26-8-6-5-7-24(26)32-28-30-19-29-27(33-28)31-23-10-9-21(17-25(23)39-4)36-12-11-22(18-36)35-15-13-34(3)14-16-35/h5-10,17,19-20,22H,11-16,18H2,1-4H3,(H2,29,30,31,32,33). The fraction of sp³-hybridized carbons (Fsp3) is 0.464. The van der Waals surface area contributed by atoms with Crippen molar-refractivity contribution in [1.82, 2.24) is 24.8 Å². The molecule has 5 rings (SSSR count). The molecule has 40 heavy (non-hydrogen) atoms. The fourth-order valence-corrected chi connectivity index (χ4v) is 6.37. The molecule has 3 heterocycles. The van der Waals surface area contributed by atoms with Gasteiger partial charge in [-0.15, -0.1) is 0 Å². The van der Waals surface area contributed by atoms with Gasteiger partial charge in [0.2, 0.25) is 11.9 Å². The van der Waals surface area contributed by atoms with Crippen LogP contribution in [0.2, 0.25) is 0 Å². The number of likely N-dealkylation sites (N-methyl/N-ethyl adjacent to an activating group) is 1. The molecular weight excluding hydrogens is 528 g/mol. The SMILES string of the molecule is COc1cc(N2CCC(N3CCN(C)CC3)C2)ccc1Nc1ncnc(Nc2ccccc2S(=O)(=O)C(C)C)n1. The summed E-state index contributed by atoms with van der Waals surface area (Å²) in [5, 5.41) is 5.70. The summed E-state index contributed by atoms with van der Waals surface area (Å²) in [6, 6.07) is 13.4. The van der Waals surface area contributed by atoms with Crippen LogP contribution in [-0.4, -0.2) is 97.9 Å². The maximum Gasteiger partial charge on any atom is 0.232 e. The van der Waals surface area contributed by atoms with Crippen LogP contribution in [0.15, 0.2) is 53.7 Å². The van der Waals surface area contributed by atoms with E-state index in [1.807, 2.05) is 12.1 Å². The van der Waals surface area contributed by atoms with Crippen molar-refractivity contribution < 1.29 is 13.2 Å². The Balaban J connectivity index is 1.28. The smallest absolute Gasteiger partial charge is 0.232 e. The third-order valence-electron chi connectivity index (χ3n) is 7.65. The summed E-state index contributed by atoms with van der Waals surface area (Å²) in [6.45, 7) is 9.85. The van der Waals surface area contributed by atoms with Gasteiger partial charge in [-0.2, -0.15) is 4.98 Å².